The van der Waals surface area contributed by atoms with E-state index in [1.807, 2.05) is 0 Å². The van der Waals surface area contributed by atoms with E-state index in [0.717, 1.165) is 12.1 Å². The summed E-state index contributed by atoms with van der Waals surface area (Å²) in [6, 6.07) is 15.3. The molecule has 9 heteroatoms. The molecule has 0 saturated heterocycles. The summed E-state index contributed by atoms with van der Waals surface area (Å²) in [5.41, 5.74) is -0.0146. The quantitative estimate of drug-likeness (QED) is 0.460. The van der Waals surface area contributed by atoms with E-state index in [2.05, 4.69) is 26.6 Å². The maximum absolute atomic E-state index is 12.9. The van der Waals surface area contributed by atoms with Crippen molar-refractivity contribution in [3.05, 3.63) is 87.9 Å². The molecule has 0 saturated carbocycles. The summed E-state index contributed by atoms with van der Waals surface area (Å²) in [7, 11) is 1.48. The van der Waals surface area contributed by atoms with E-state index in [9.17, 15) is 22.8 Å². The second-order valence-electron chi connectivity index (χ2n) is 6.41. The lowest BCUT2D eigenvalue weighted by molar-refractivity contribution is -0.137. The van der Waals surface area contributed by atoms with Crippen molar-refractivity contribution >= 4 is 39.1 Å². The van der Waals surface area contributed by atoms with Crippen LogP contribution in [0.3, 0.4) is 0 Å². The lowest BCUT2D eigenvalue weighted by Crippen LogP contribution is -2.15. The fourth-order valence-corrected chi connectivity index (χ4v) is 3.15. The van der Waals surface area contributed by atoms with Gasteiger partial charge in [0.1, 0.15) is 5.75 Å². The van der Waals surface area contributed by atoms with E-state index in [0.29, 0.717) is 21.5 Å². The van der Waals surface area contributed by atoms with Gasteiger partial charge in [-0.15, -0.1) is 0 Å². The SMILES string of the molecule is COc1ccc(Br)c(C(=O)Nc2cccc(C(=O)Nc3cccc(C(F)(F)F)c3)c2)c1. The molecule has 0 aliphatic carbocycles. The number of carbonyl (C=O) groups excluding carboxylic acids is 2. The lowest BCUT2D eigenvalue weighted by Gasteiger charge is -2.11. The summed E-state index contributed by atoms with van der Waals surface area (Å²) in [5.74, 6) is -0.540. The van der Waals surface area contributed by atoms with Crippen LogP contribution in [0.4, 0.5) is 24.5 Å². The first-order chi connectivity index (χ1) is 14.7. The topological polar surface area (TPSA) is 67.4 Å². The largest absolute Gasteiger partial charge is 0.497 e. The van der Waals surface area contributed by atoms with Gasteiger partial charge in [0.2, 0.25) is 0 Å². The smallest absolute Gasteiger partial charge is 0.416 e. The van der Waals surface area contributed by atoms with Gasteiger partial charge in [0.05, 0.1) is 18.2 Å². The van der Waals surface area contributed by atoms with Crippen molar-refractivity contribution in [3.8, 4) is 5.75 Å². The highest BCUT2D eigenvalue weighted by Gasteiger charge is 2.30. The van der Waals surface area contributed by atoms with Gasteiger partial charge in [-0.1, -0.05) is 12.1 Å². The summed E-state index contributed by atoms with van der Waals surface area (Å²) < 4.78 is 44.2. The molecule has 2 N–H and O–H groups in total. The molecule has 0 aliphatic heterocycles. The maximum atomic E-state index is 12.9. The summed E-state index contributed by atoms with van der Waals surface area (Å²) in [5, 5.41) is 5.12. The second kappa shape index (κ2) is 9.22. The number of amides is 2. The third-order valence-corrected chi connectivity index (χ3v) is 4.94. The van der Waals surface area contributed by atoms with Crippen LogP contribution in [0, 0.1) is 0 Å². The Kier molecular flexibility index (Phi) is 6.65. The first-order valence-electron chi connectivity index (χ1n) is 8.91. The molecule has 0 fully saturated rings. The van der Waals surface area contributed by atoms with Crippen LogP contribution in [-0.2, 0) is 6.18 Å². The minimum atomic E-state index is -4.51. The van der Waals surface area contributed by atoms with Crippen molar-refractivity contribution in [1.82, 2.24) is 0 Å². The Bertz CT molecular complexity index is 1130. The number of anilines is 2. The lowest BCUT2D eigenvalue weighted by atomic mass is 10.1. The second-order valence-corrected chi connectivity index (χ2v) is 7.27. The molecule has 3 aromatic rings. The predicted octanol–water partition coefficient (Wildman–Crippen LogP) is 5.98. The molecule has 160 valence electrons. The molecule has 0 bridgehead atoms. The fourth-order valence-electron chi connectivity index (χ4n) is 2.72. The number of hydrogen-bond donors (Lipinski definition) is 2. The summed E-state index contributed by atoms with van der Waals surface area (Å²) >= 11 is 3.31. The van der Waals surface area contributed by atoms with Gasteiger partial charge in [0, 0.05) is 21.4 Å². The van der Waals surface area contributed by atoms with Crippen molar-refractivity contribution in [3.63, 3.8) is 0 Å². The number of nitrogens with one attached hydrogen (secondary N) is 2. The van der Waals surface area contributed by atoms with E-state index in [-0.39, 0.29) is 11.3 Å². The van der Waals surface area contributed by atoms with Gasteiger partial charge in [-0.3, -0.25) is 9.59 Å². The van der Waals surface area contributed by atoms with Crippen LogP contribution >= 0.6 is 15.9 Å². The molecule has 0 aliphatic rings. The van der Waals surface area contributed by atoms with E-state index < -0.39 is 23.6 Å². The van der Waals surface area contributed by atoms with Crippen LogP contribution in [-0.4, -0.2) is 18.9 Å². The van der Waals surface area contributed by atoms with Crippen molar-refractivity contribution < 1.29 is 27.5 Å². The minimum absolute atomic E-state index is 0.00887. The van der Waals surface area contributed by atoms with Gasteiger partial charge in [0.25, 0.3) is 11.8 Å². The van der Waals surface area contributed by atoms with Gasteiger partial charge < -0.3 is 15.4 Å². The summed E-state index contributed by atoms with van der Waals surface area (Å²) in [6.45, 7) is 0. The van der Waals surface area contributed by atoms with Crippen molar-refractivity contribution in [2.24, 2.45) is 0 Å². The zero-order valence-corrected chi connectivity index (χ0v) is 17.7. The number of benzene rings is 3. The van der Waals surface area contributed by atoms with E-state index in [4.69, 9.17) is 4.74 Å². The molecule has 0 spiro atoms. The van der Waals surface area contributed by atoms with E-state index >= 15 is 0 Å². The average molecular weight is 493 g/mol. The number of halogens is 4. The normalized spacial score (nSPS) is 11.0. The van der Waals surface area contributed by atoms with Crippen LogP contribution < -0.4 is 15.4 Å². The fraction of sp³-hybridized carbons (Fsp3) is 0.0909. The maximum Gasteiger partial charge on any atom is 0.416 e. The van der Waals surface area contributed by atoms with Crippen LogP contribution in [0.15, 0.2) is 71.2 Å². The molecule has 2 amide bonds. The van der Waals surface area contributed by atoms with Crippen LogP contribution in [0.5, 0.6) is 5.75 Å². The molecule has 0 aromatic heterocycles. The van der Waals surface area contributed by atoms with Gasteiger partial charge in [0.15, 0.2) is 0 Å². The van der Waals surface area contributed by atoms with Gasteiger partial charge in [-0.05, 0) is 70.5 Å². The van der Waals surface area contributed by atoms with Gasteiger partial charge in [-0.25, -0.2) is 0 Å². The predicted molar refractivity (Wildman–Crippen MR) is 114 cm³/mol. The molecule has 31 heavy (non-hydrogen) atoms. The van der Waals surface area contributed by atoms with Crippen LogP contribution in [0.2, 0.25) is 0 Å². The molecule has 0 unspecified atom stereocenters. The number of carbonyl (C=O) groups is 2. The Morgan fingerprint density at radius 2 is 1.52 bits per heavy atom. The molecule has 0 radical (unpaired) electrons. The number of ether oxygens (including phenoxy) is 1. The standard InChI is InChI=1S/C22H16BrF3N2O3/c1-31-17-8-9-19(23)18(12-17)21(30)28-15-6-2-4-13(10-15)20(29)27-16-7-3-5-14(11-16)22(24,25)26/h2-12H,1H3,(H,27,29)(H,28,30). The molecule has 3 aromatic carbocycles. The summed E-state index contributed by atoms with van der Waals surface area (Å²) in [4.78, 5) is 25.1. The first-order valence-corrected chi connectivity index (χ1v) is 9.70. The Labute approximate surface area is 184 Å². The monoisotopic (exact) mass is 492 g/mol. The van der Waals surface area contributed by atoms with Crippen molar-refractivity contribution in [1.29, 1.82) is 0 Å². The number of alkyl halides is 3. The molecule has 0 heterocycles. The van der Waals surface area contributed by atoms with E-state index in [1.54, 1.807) is 30.3 Å². The van der Waals surface area contributed by atoms with Crippen molar-refractivity contribution in [2.45, 2.75) is 6.18 Å². The van der Waals surface area contributed by atoms with Crippen LogP contribution in [0.1, 0.15) is 26.3 Å². The zero-order chi connectivity index (χ0) is 22.6. The van der Waals surface area contributed by atoms with Gasteiger partial charge in [-0.2, -0.15) is 13.2 Å². The first kappa shape index (κ1) is 22.4. The molecule has 0 atom stereocenters. The van der Waals surface area contributed by atoms with Crippen LogP contribution in [0.25, 0.3) is 0 Å². The summed E-state index contributed by atoms with van der Waals surface area (Å²) in [6.07, 6.45) is -4.51. The molecule has 5 nitrogen and oxygen atoms in total. The van der Waals surface area contributed by atoms with E-state index in [1.165, 1.54) is 31.4 Å². The highest BCUT2D eigenvalue weighted by molar-refractivity contribution is 9.10. The minimum Gasteiger partial charge on any atom is -0.497 e. The molecular weight excluding hydrogens is 477 g/mol. The molecular formula is C22H16BrF3N2O3. The Hall–Kier alpha value is -3.33. The number of methoxy groups -OCH3 is 1. The highest BCUT2D eigenvalue weighted by atomic mass is 79.9. The number of hydrogen-bond acceptors (Lipinski definition) is 3. The number of rotatable bonds is 5. The zero-order valence-electron chi connectivity index (χ0n) is 16.1. The van der Waals surface area contributed by atoms with Crippen molar-refractivity contribution in [2.75, 3.05) is 17.7 Å². The Morgan fingerprint density at radius 3 is 2.19 bits per heavy atom. The highest BCUT2D eigenvalue weighted by Crippen LogP contribution is 2.31. The molecule has 3 rings (SSSR count). The average Bonchev–Trinajstić information content (AvgIpc) is 2.74. The third kappa shape index (κ3) is 5.64. The Morgan fingerprint density at radius 1 is 0.871 bits per heavy atom. The Balaban J connectivity index is 1.76. The third-order valence-electron chi connectivity index (χ3n) is 4.25. The van der Waals surface area contributed by atoms with Gasteiger partial charge >= 0.3 is 6.18 Å².